The van der Waals surface area contributed by atoms with Gasteiger partial charge >= 0.3 is 0 Å². The average molecular weight is 337 g/mol. The normalized spacial score (nSPS) is 15.2. The van der Waals surface area contributed by atoms with Crippen LogP contribution in [-0.4, -0.2) is 46.9 Å². The van der Waals surface area contributed by atoms with Gasteiger partial charge in [0.2, 0.25) is 5.95 Å². The summed E-state index contributed by atoms with van der Waals surface area (Å²) in [7, 11) is 3.97. The van der Waals surface area contributed by atoms with Crippen LogP contribution in [-0.2, 0) is 6.54 Å². The molecule has 106 valence electrons. The fourth-order valence-corrected chi connectivity index (χ4v) is 2.62. The summed E-state index contributed by atoms with van der Waals surface area (Å²) < 4.78 is 3.00. The summed E-state index contributed by atoms with van der Waals surface area (Å²) in [6, 6.07) is 1.92. The molecule has 0 saturated carbocycles. The van der Waals surface area contributed by atoms with Gasteiger partial charge in [0, 0.05) is 52.0 Å². The van der Waals surface area contributed by atoms with Crippen LogP contribution in [0.25, 0.3) is 0 Å². The molecule has 0 unspecified atom stereocenters. The fourth-order valence-electron chi connectivity index (χ4n) is 2.29. The molecule has 3 heterocycles. The van der Waals surface area contributed by atoms with Crippen LogP contribution in [0.15, 0.2) is 29.1 Å². The second-order valence-electron chi connectivity index (χ2n) is 5.26. The Hall–Kier alpha value is -1.63. The van der Waals surface area contributed by atoms with E-state index in [9.17, 15) is 0 Å². The maximum atomic E-state index is 4.55. The summed E-state index contributed by atoms with van der Waals surface area (Å²) in [6.45, 7) is 2.90. The van der Waals surface area contributed by atoms with Gasteiger partial charge in [-0.25, -0.2) is 4.98 Å². The first-order chi connectivity index (χ1) is 9.61. The lowest BCUT2D eigenvalue weighted by atomic mass is 10.0. The van der Waals surface area contributed by atoms with Crippen LogP contribution < -0.4 is 9.80 Å². The molecule has 1 aliphatic rings. The van der Waals surface area contributed by atoms with Gasteiger partial charge in [-0.05, 0) is 22.0 Å². The quantitative estimate of drug-likeness (QED) is 0.849. The van der Waals surface area contributed by atoms with E-state index in [1.165, 1.54) is 0 Å². The standard InChI is InChI=1S/C13H17BrN6/c1-18(2)12-3-4-15-13(17-12)19-6-10(7-19)8-20-9-11(14)5-16-20/h3-5,9-10H,6-8H2,1-2H3. The molecule has 0 N–H and O–H groups in total. The van der Waals surface area contributed by atoms with E-state index in [1.807, 2.05) is 48.3 Å². The van der Waals surface area contributed by atoms with Crippen LogP contribution in [0, 0.1) is 5.92 Å². The Balaban J connectivity index is 1.58. The predicted octanol–water partition coefficient (Wildman–Crippen LogP) is 1.64. The van der Waals surface area contributed by atoms with Crippen molar-refractivity contribution in [2.75, 3.05) is 37.0 Å². The van der Waals surface area contributed by atoms with Crippen molar-refractivity contribution >= 4 is 27.7 Å². The molecular formula is C13H17BrN6. The predicted molar refractivity (Wildman–Crippen MR) is 82.0 cm³/mol. The SMILES string of the molecule is CN(C)c1ccnc(N2CC(Cn3cc(Br)cn3)C2)n1. The number of nitrogens with zero attached hydrogens (tertiary/aromatic N) is 6. The van der Waals surface area contributed by atoms with Crippen LogP contribution in [0.3, 0.4) is 0 Å². The Kier molecular flexibility index (Phi) is 3.60. The second-order valence-corrected chi connectivity index (χ2v) is 6.18. The summed E-state index contributed by atoms with van der Waals surface area (Å²) in [5, 5.41) is 4.29. The third-order valence-electron chi connectivity index (χ3n) is 3.37. The third kappa shape index (κ3) is 2.77. The zero-order valence-corrected chi connectivity index (χ0v) is 13.2. The van der Waals surface area contributed by atoms with Crippen molar-refractivity contribution in [2.24, 2.45) is 5.92 Å². The summed E-state index contributed by atoms with van der Waals surface area (Å²) in [6.07, 6.45) is 5.64. The number of hydrogen-bond donors (Lipinski definition) is 0. The molecule has 0 bridgehead atoms. The Labute approximate surface area is 126 Å². The van der Waals surface area contributed by atoms with Gasteiger partial charge in [-0.1, -0.05) is 0 Å². The highest BCUT2D eigenvalue weighted by atomic mass is 79.9. The van der Waals surface area contributed by atoms with Crippen molar-refractivity contribution in [3.8, 4) is 0 Å². The Morgan fingerprint density at radius 3 is 2.85 bits per heavy atom. The maximum absolute atomic E-state index is 4.55. The molecule has 0 aliphatic carbocycles. The van der Waals surface area contributed by atoms with E-state index in [4.69, 9.17) is 0 Å². The van der Waals surface area contributed by atoms with Gasteiger partial charge in [0.05, 0.1) is 10.7 Å². The molecule has 3 rings (SSSR count). The largest absolute Gasteiger partial charge is 0.363 e. The monoisotopic (exact) mass is 336 g/mol. The maximum Gasteiger partial charge on any atom is 0.227 e. The van der Waals surface area contributed by atoms with Crippen molar-refractivity contribution in [3.05, 3.63) is 29.1 Å². The van der Waals surface area contributed by atoms with Crippen LogP contribution >= 0.6 is 15.9 Å². The van der Waals surface area contributed by atoms with Crippen LogP contribution in [0.2, 0.25) is 0 Å². The molecule has 0 radical (unpaired) electrons. The van der Waals surface area contributed by atoms with E-state index in [-0.39, 0.29) is 0 Å². The molecule has 2 aromatic heterocycles. The molecule has 1 saturated heterocycles. The van der Waals surface area contributed by atoms with Crippen LogP contribution in [0.1, 0.15) is 0 Å². The molecular weight excluding hydrogens is 320 g/mol. The first-order valence-electron chi connectivity index (χ1n) is 6.55. The van der Waals surface area contributed by atoms with Crippen molar-refractivity contribution in [3.63, 3.8) is 0 Å². The zero-order valence-electron chi connectivity index (χ0n) is 11.6. The fraction of sp³-hybridized carbons (Fsp3) is 0.462. The highest BCUT2D eigenvalue weighted by molar-refractivity contribution is 9.10. The number of aromatic nitrogens is 4. The number of hydrogen-bond acceptors (Lipinski definition) is 5. The smallest absolute Gasteiger partial charge is 0.227 e. The van der Waals surface area contributed by atoms with Crippen molar-refractivity contribution < 1.29 is 0 Å². The Bertz CT molecular complexity index is 590. The van der Waals surface area contributed by atoms with Crippen LogP contribution in [0.5, 0.6) is 0 Å². The van der Waals surface area contributed by atoms with Gasteiger partial charge < -0.3 is 9.80 Å². The summed E-state index contributed by atoms with van der Waals surface area (Å²) >= 11 is 3.41. The second kappa shape index (κ2) is 5.40. The van der Waals surface area contributed by atoms with E-state index >= 15 is 0 Å². The summed E-state index contributed by atoms with van der Waals surface area (Å²) in [5.74, 6) is 2.36. The molecule has 7 heteroatoms. The lowest BCUT2D eigenvalue weighted by Crippen LogP contribution is -2.49. The molecule has 6 nitrogen and oxygen atoms in total. The Morgan fingerprint density at radius 2 is 2.20 bits per heavy atom. The number of halogens is 1. The van der Waals surface area contributed by atoms with Gasteiger partial charge in [-0.15, -0.1) is 0 Å². The molecule has 1 aliphatic heterocycles. The minimum absolute atomic E-state index is 0.605. The van der Waals surface area contributed by atoms with E-state index in [2.05, 4.69) is 35.9 Å². The summed E-state index contributed by atoms with van der Waals surface area (Å²) in [4.78, 5) is 13.1. The van der Waals surface area contributed by atoms with Crippen molar-refractivity contribution in [2.45, 2.75) is 6.54 Å². The molecule has 0 aromatic carbocycles. The van der Waals surface area contributed by atoms with Crippen molar-refractivity contribution in [1.82, 2.24) is 19.7 Å². The van der Waals surface area contributed by atoms with Crippen LogP contribution in [0.4, 0.5) is 11.8 Å². The van der Waals surface area contributed by atoms with Gasteiger partial charge in [0.15, 0.2) is 0 Å². The third-order valence-corrected chi connectivity index (χ3v) is 3.78. The molecule has 20 heavy (non-hydrogen) atoms. The molecule has 0 spiro atoms. The van der Waals surface area contributed by atoms with Gasteiger partial charge in [0.1, 0.15) is 5.82 Å². The minimum Gasteiger partial charge on any atom is -0.363 e. The number of rotatable bonds is 4. The van der Waals surface area contributed by atoms with E-state index < -0.39 is 0 Å². The summed E-state index contributed by atoms with van der Waals surface area (Å²) in [5.41, 5.74) is 0. The molecule has 0 atom stereocenters. The first kappa shape index (κ1) is 13.4. The minimum atomic E-state index is 0.605. The van der Waals surface area contributed by atoms with Gasteiger partial charge in [-0.3, -0.25) is 4.68 Å². The van der Waals surface area contributed by atoms with E-state index in [0.717, 1.165) is 35.9 Å². The zero-order chi connectivity index (χ0) is 14.1. The number of anilines is 2. The van der Waals surface area contributed by atoms with E-state index in [1.54, 1.807) is 0 Å². The van der Waals surface area contributed by atoms with Gasteiger partial charge in [0.25, 0.3) is 0 Å². The Morgan fingerprint density at radius 1 is 1.40 bits per heavy atom. The highest BCUT2D eigenvalue weighted by Gasteiger charge is 2.29. The lowest BCUT2D eigenvalue weighted by Gasteiger charge is -2.39. The van der Waals surface area contributed by atoms with Gasteiger partial charge in [-0.2, -0.15) is 10.1 Å². The topological polar surface area (TPSA) is 50.1 Å². The lowest BCUT2D eigenvalue weighted by molar-refractivity contribution is 0.338. The molecule has 0 amide bonds. The molecule has 1 fully saturated rings. The highest BCUT2D eigenvalue weighted by Crippen LogP contribution is 2.23. The van der Waals surface area contributed by atoms with Crippen molar-refractivity contribution in [1.29, 1.82) is 0 Å². The van der Waals surface area contributed by atoms with E-state index in [0.29, 0.717) is 5.92 Å². The average Bonchev–Trinajstić information content (AvgIpc) is 2.79. The molecule has 2 aromatic rings. The first-order valence-corrected chi connectivity index (χ1v) is 7.34.